The fourth-order valence-corrected chi connectivity index (χ4v) is 3.85. The Hall–Kier alpha value is -2.94. The highest BCUT2D eigenvalue weighted by molar-refractivity contribution is 5.94. The summed E-state index contributed by atoms with van der Waals surface area (Å²) in [5, 5.41) is 17.6. The number of hydrogen-bond donors (Lipinski definition) is 5. The molecule has 0 spiro atoms. The van der Waals surface area contributed by atoms with Gasteiger partial charge in [-0.2, -0.15) is 0 Å². The van der Waals surface area contributed by atoms with Crippen LogP contribution in [0.5, 0.6) is 0 Å². The molecule has 6 N–H and O–H groups in total. The minimum atomic E-state index is -1.12. The largest absolute Gasteiger partial charge is 0.480 e. The average molecular weight is 505 g/mol. The van der Waals surface area contributed by atoms with E-state index in [-0.39, 0.29) is 24.2 Å². The molecule has 3 amide bonds. The second kappa shape index (κ2) is 15.2. The molecule has 0 fully saturated rings. The molecule has 9 nitrogen and oxygen atoms in total. The van der Waals surface area contributed by atoms with Crippen LogP contribution in [-0.4, -0.2) is 53.0 Å². The van der Waals surface area contributed by atoms with E-state index in [1.54, 1.807) is 0 Å². The summed E-state index contributed by atoms with van der Waals surface area (Å²) in [5.41, 5.74) is 7.02. The molecule has 0 saturated carbocycles. The first-order valence-electron chi connectivity index (χ1n) is 12.8. The number of nitrogens with one attached hydrogen (secondary N) is 3. The highest BCUT2D eigenvalue weighted by Crippen LogP contribution is 2.13. The smallest absolute Gasteiger partial charge is 0.326 e. The van der Waals surface area contributed by atoms with Crippen LogP contribution < -0.4 is 21.7 Å². The monoisotopic (exact) mass is 504 g/mol. The van der Waals surface area contributed by atoms with E-state index in [0.29, 0.717) is 19.3 Å². The van der Waals surface area contributed by atoms with Crippen molar-refractivity contribution in [1.29, 1.82) is 0 Å². The maximum absolute atomic E-state index is 13.3. The number of nitrogens with two attached hydrogens (primary N) is 1. The predicted octanol–water partition coefficient (Wildman–Crippen LogP) is 2.23. The fourth-order valence-electron chi connectivity index (χ4n) is 3.85. The topological polar surface area (TPSA) is 151 Å². The SMILES string of the molecule is CCC(C)C(NC(=O)C(N)Cc1ccccc1)C(=O)NC(CC(C)C)C(=O)NC(CC(C)C)C(=O)O. The van der Waals surface area contributed by atoms with Gasteiger partial charge in [-0.25, -0.2) is 4.79 Å². The summed E-state index contributed by atoms with van der Waals surface area (Å²) in [6.45, 7) is 11.3. The normalized spacial score (nSPS) is 15.5. The number of amides is 3. The fraction of sp³-hybridized carbons (Fsp3) is 0.630. The Balaban J connectivity index is 2.98. The minimum Gasteiger partial charge on any atom is -0.480 e. The molecule has 1 aromatic rings. The molecule has 0 aromatic heterocycles. The summed E-state index contributed by atoms with van der Waals surface area (Å²) in [4.78, 5) is 50.8. The second-order valence-corrected chi connectivity index (χ2v) is 10.4. The number of benzene rings is 1. The third kappa shape index (κ3) is 10.8. The predicted molar refractivity (Wildman–Crippen MR) is 140 cm³/mol. The van der Waals surface area contributed by atoms with Crippen LogP contribution in [0.3, 0.4) is 0 Å². The van der Waals surface area contributed by atoms with Gasteiger partial charge in [0.2, 0.25) is 17.7 Å². The number of carbonyl (C=O) groups is 4. The number of rotatable bonds is 15. The summed E-state index contributed by atoms with van der Waals surface area (Å²) in [7, 11) is 0. The lowest BCUT2D eigenvalue weighted by Crippen LogP contribution is -2.59. The number of hydrogen-bond acceptors (Lipinski definition) is 5. The molecule has 1 aromatic carbocycles. The van der Waals surface area contributed by atoms with E-state index in [4.69, 9.17) is 5.73 Å². The van der Waals surface area contributed by atoms with E-state index in [0.717, 1.165) is 5.56 Å². The summed E-state index contributed by atoms with van der Waals surface area (Å²) in [6, 6.07) is 5.65. The van der Waals surface area contributed by atoms with Crippen molar-refractivity contribution < 1.29 is 24.3 Å². The van der Waals surface area contributed by atoms with Crippen LogP contribution in [-0.2, 0) is 25.6 Å². The zero-order valence-corrected chi connectivity index (χ0v) is 22.4. The highest BCUT2D eigenvalue weighted by atomic mass is 16.4. The third-order valence-corrected chi connectivity index (χ3v) is 6.09. The number of aliphatic carboxylic acids is 1. The van der Waals surface area contributed by atoms with Crippen LogP contribution in [0.15, 0.2) is 30.3 Å². The molecule has 9 heteroatoms. The summed E-state index contributed by atoms with van der Waals surface area (Å²) in [5.74, 6) is -2.72. The van der Waals surface area contributed by atoms with Crippen LogP contribution in [0.2, 0.25) is 0 Å². The van der Waals surface area contributed by atoms with E-state index in [1.807, 2.05) is 71.9 Å². The van der Waals surface area contributed by atoms with Gasteiger partial charge in [0.25, 0.3) is 0 Å². The molecule has 1 rings (SSSR count). The van der Waals surface area contributed by atoms with E-state index >= 15 is 0 Å². The summed E-state index contributed by atoms with van der Waals surface area (Å²) >= 11 is 0. The van der Waals surface area contributed by atoms with Crippen LogP contribution in [0.25, 0.3) is 0 Å². The van der Waals surface area contributed by atoms with E-state index in [1.165, 1.54) is 0 Å². The van der Waals surface area contributed by atoms with Crippen LogP contribution >= 0.6 is 0 Å². The van der Waals surface area contributed by atoms with Gasteiger partial charge in [0.05, 0.1) is 6.04 Å². The van der Waals surface area contributed by atoms with Gasteiger partial charge in [-0.15, -0.1) is 0 Å². The molecule has 0 aliphatic rings. The molecular weight excluding hydrogens is 460 g/mol. The maximum atomic E-state index is 13.3. The van der Waals surface area contributed by atoms with Crippen LogP contribution in [0.1, 0.15) is 66.4 Å². The van der Waals surface area contributed by atoms with Crippen molar-refractivity contribution >= 4 is 23.7 Å². The first kappa shape index (κ1) is 31.1. The molecule has 0 saturated heterocycles. The molecule has 0 heterocycles. The van der Waals surface area contributed by atoms with Crippen LogP contribution in [0, 0.1) is 17.8 Å². The third-order valence-electron chi connectivity index (χ3n) is 6.09. The summed E-state index contributed by atoms with van der Waals surface area (Å²) < 4.78 is 0. The van der Waals surface area contributed by atoms with Gasteiger partial charge >= 0.3 is 5.97 Å². The standard InChI is InChI=1S/C27H44N4O5/c1-7-18(6)23(31-24(32)20(28)15-19-11-9-8-10-12-19)26(34)29-21(13-16(2)3)25(33)30-22(27(35)36)14-17(4)5/h8-12,16-18,20-23H,7,13-15,28H2,1-6H3,(H,29,34)(H,30,33)(H,31,32)(H,35,36). The van der Waals surface area contributed by atoms with Crippen molar-refractivity contribution in [3.8, 4) is 0 Å². The van der Waals surface area contributed by atoms with Crippen molar-refractivity contribution in [2.75, 3.05) is 0 Å². The maximum Gasteiger partial charge on any atom is 0.326 e. The number of carboxylic acid groups (broad SMARTS) is 1. The molecule has 0 radical (unpaired) electrons. The Morgan fingerprint density at radius 3 is 1.83 bits per heavy atom. The van der Waals surface area contributed by atoms with Crippen molar-refractivity contribution in [3.05, 3.63) is 35.9 Å². The Kier molecular flexibility index (Phi) is 13.2. The number of carboxylic acids is 1. The van der Waals surface area contributed by atoms with E-state index in [9.17, 15) is 24.3 Å². The second-order valence-electron chi connectivity index (χ2n) is 10.4. The van der Waals surface area contributed by atoms with Gasteiger partial charge in [0.1, 0.15) is 18.1 Å². The van der Waals surface area contributed by atoms with Crippen molar-refractivity contribution in [3.63, 3.8) is 0 Å². The molecule has 202 valence electrons. The lowest BCUT2D eigenvalue weighted by Gasteiger charge is -2.28. The zero-order valence-electron chi connectivity index (χ0n) is 22.4. The zero-order chi connectivity index (χ0) is 27.4. The first-order valence-corrected chi connectivity index (χ1v) is 12.8. The van der Waals surface area contributed by atoms with Gasteiger partial charge < -0.3 is 26.8 Å². The van der Waals surface area contributed by atoms with Gasteiger partial charge in [-0.3, -0.25) is 14.4 Å². The van der Waals surface area contributed by atoms with E-state index in [2.05, 4.69) is 16.0 Å². The Morgan fingerprint density at radius 1 is 0.806 bits per heavy atom. The van der Waals surface area contributed by atoms with Gasteiger partial charge in [0.15, 0.2) is 0 Å². The van der Waals surface area contributed by atoms with Crippen molar-refractivity contribution in [2.24, 2.45) is 23.5 Å². The molecule has 0 aliphatic heterocycles. The Labute approximate surface area is 215 Å². The quantitative estimate of drug-likeness (QED) is 0.247. The molecule has 5 unspecified atom stereocenters. The minimum absolute atomic E-state index is 0.0605. The number of carbonyl (C=O) groups excluding carboxylic acids is 3. The molecule has 0 bridgehead atoms. The Morgan fingerprint density at radius 2 is 1.33 bits per heavy atom. The molecule has 0 aliphatic carbocycles. The van der Waals surface area contributed by atoms with E-state index < -0.39 is 47.9 Å². The average Bonchev–Trinajstić information content (AvgIpc) is 2.80. The van der Waals surface area contributed by atoms with Gasteiger partial charge in [-0.05, 0) is 42.6 Å². The molecular formula is C27H44N4O5. The van der Waals surface area contributed by atoms with Crippen molar-refractivity contribution in [1.82, 2.24) is 16.0 Å². The van der Waals surface area contributed by atoms with Gasteiger partial charge in [0, 0.05) is 0 Å². The highest BCUT2D eigenvalue weighted by Gasteiger charge is 2.33. The van der Waals surface area contributed by atoms with Gasteiger partial charge in [-0.1, -0.05) is 78.3 Å². The van der Waals surface area contributed by atoms with Crippen molar-refractivity contribution in [2.45, 2.75) is 91.4 Å². The molecule has 36 heavy (non-hydrogen) atoms. The molecule has 5 atom stereocenters. The first-order chi connectivity index (χ1) is 16.8. The van der Waals surface area contributed by atoms with Crippen LogP contribution in [0.4, 0.5) is 0 Å². The lowest BCUT2D eigenvalue weighted by molar-refractivity contribution is -0.143. The summed E-state index contributed by atoms with van der Waals surface area (Å²) in [6.07, 6.45) is 1.53. The lowest BCUT2D eigenvalue weighted by atomic mass is 9.95. The Bertz CT molecular complexity index is 859.